The van der Waals surface area contributed by atoms with Crippen LogP contribution in [0.4, 0.5) is 0 Å². The van der Waals surface area contributed by atoms with Crippen LogP contribution in [0, 0.1) is 5.41 Å². The van der Waals surface area contributed by atoms with Gasteiger partial charge in [0.2, 0.25) is 5.91 Å². The second kappa shape index (κ2) is 4.61. The van der Waals surface area contributed by atoms with Gasteiger partial charge in [0.1, 0.15) is 0 Å². The Morgan fingerprint density at radius 3 is 2.08 bits per heavy atom. The molecule has 1 N–H and O–H groups in total. The highest BCUT2D eigenvalue weighted by atomic mass is 16.1. The number of likely N-dealkylation sites (N-methyl/N-ethyl adjacent to an activating group) is 1. The topological polar surface area (TPSA) is 32.3 Å². The van der Waals surface area contributed by atoms with Crippen LogP contribution in [0.1, 0.15) is 27.7 Å². The van der Waals surface area contributed by atoms with Crippen molar-refractivity contribution in [2.75, 3.05) is 20.6 Å². The van der Waals surface area contributed by atoms with Gasteiger partial charge in [0.05, 0.1) is 0 Å². The zero-order chi connectivity index (χ0) is 10.6. The molecule has 3 nitrogen and oxygen atoms in total. The van der Waals surface area contributed by atoms with Crippen LogP contribution in [0.3, 0.4) is 0 Å². The Morgan fingerprint density at radius 1 is 1.38 bits per heavy atom. The molecule has 13 heavy (non-hydrogen) atoms. The summed E-state index contributed by atoms with van der Waals surface area (Å²) >= 11 is 0. The number of nitrogens with one attached hydrogen (secondary N) is 1. The minimum Gasteiger partial charge on any atom is -0.352 e. The molecule has 0 radical (unpaired) electrons. The molecule has 0 bridgehead atoms. The predicted molar refractivity (Wildman–Crippen MR) is 55.6 cm³/mol. The van der Waals surface area contributed by atoms with E-state index in [1.807, 2.05) is 14.1 Å². The lowest BCUT2D eigenvalue weighted by Gasteiger charge is -2.33. The van der Waals surface area contributed by atoms with Crippen molar-refractivity contribution < 1.29 is 4.79 Å². The van der Waals surface area contributed by atoms with Gasteiger partial charge in [-0.25, -0.2) is 0 Å². The predicted octanol–water partition coefficient (Wildman–Crippen LogP) is 1.10. The molecule has 1 atom stereocenters. The molecule has 0 aliphatic rings. The lowest BCUT2D eigenvalue weighted by Crippen LogP contribution is -2.48. The fourth-order valence-corrected chi connectivity index (χ4v) is 1.15. The second-order valence-corrected chi connectivity index (χ2v) is 4.88. The summed E-state index contributed by atoms with van der Waals surface area (Å²) in [5, 5.41) is 2.97. The summed E-state index contributed by atoms with van der Waals surface area (Å²) in [6.07, 6.45) is 0. The molecule has 3 heteroatoms. The molecule has 0 spiro atoms. The fraction of sp³-hybridized carbons (Fsp3) is 0.900. The smallest absolute Gasteiger partial charge is 0.217 e. The largest absolute Gasteiger partial charge is 0.352 e. The number of nitrogens with zero attached hydrogens (tertiary/aromatic N) is 1. The Balaban J connectivity index is 4.28. The number of carbonyl (C=O) groups excluding carboxylic acids is 1. The highest BCUT2D eigenvalue weighted by Gasteiger charge is 2.25. The Hall–Kier alpha value is -0.570. The van der Waals surface area contributed by atoms with Gasteiger partial charge in [-0.3, -0.25) is 4.79 Å². The molecule has 0 saturated heterocycles. The molecular formula is C10H22N2O. The van der Waals surface area contributed by atoms with Gasteiger partial charge in [-0.2, -0.15) is 0 Å². The van der Waals surface area contributed by atoms with Crippen LogP contribution in [0.15, 0.2) is 0 Å². The third kappa shape index (κ3) is 5.64. The van der Waals surface area contributed by atoms with E-state index in [-0.39, 0.29) is 17.4 Å². The Labute approximate surface area is 81.5 Å². The van der Waals surface area contributed by atoms with Gasteiger partial charge in [-0.15, -0.1) is 0 Å². The quantitative estimate of drug-likeness (QED) is 0.716. The van der Waals surface area contributed by atoms with Crippen molar-refractivity contribution in [1.29, 1.82) is 0 Å². The van der Waals surface area contributed by atoms with Crippen molar-refractivity contribution in [2.24, 2.45) is 5.41 Å². The van der Waals surface area contributed by atoms with E-state index in [0.717, 1.165) is 6.54 Å². The summed E-state index contributed by atoms with van der Waals surface area (Å²) in [6, 6.07) is 0.208. The van der Waals surface area contributed by atoms with E-state index in [1.165, 1.54) is 0 Å². The molecule has 0 saturated carbocycles. The monoisotopic (exact) mass is 186 g/mol. The zero-order valence-electron chi connectivity index (χ0n) is 9.64. The van der Waals surface area contributed by atoms with Gasteiger partial charge in [0.25, 0.3) is 0 Å². The van der Waals surface area contributed by atoms with Gasteiger partial charge in [0.15, 0.2) is 0 Å². The number of carbonyl (C=O) groups is 1. The van der Waals surface area contributed by atoms with Gasteiger partial charge < -0.3 is 10.2 Å². The van der Waals surface area contributed by atoms with Gasteiger partial charge >= 0.3 is 0 Å². The molecule has 0 aliphatic carbocycles. The molecule has 0 aliphatic heterocycles. The number of hydrogen-bond acceptors (Lipinski definition) is 2. The van der Waals surface area contributed by atoms with E-state index in [2.05, 4.69) is 31.0 Å². The van der Waals surface area contributed by atoms with Crippen molar-refractivity contribution in [3.63, 3.8) is 0 Å². The first-order valence-electron chi connectivity index (χ1n) is 4.65. The standard InChI is InChI=1S/C10H22N2O/c1-8(13)11-9(7-12(5)6)10(2,3)4/h9H,7H2,1-6H3,(H,11,13). The molecule has 0 heterocycles. The van der Waals surface area contributed by atoms with E-state index in [1.54, 1.807) is 6.92 Å². The molecule has 0 rings (SSSR count). The molecule has 1 unspecified atom stereocenters. The third-order valence-corrected chi connectivity index (χ3v) is 1.97. The molecule has 78 valence electrons. The zero-order valence-corrected chi connectivity index (χ0v) is 9.64. The van der Waals surface area contributed by atoms with Crippen LogP contribution in [0.25, 0.3) is 0 Å². The van der Waals surface area contributed by atoms with Crippen LogP contribution in [-0.4, -0.2) is 37.5 Å². The summed E-state index contributed by atoms with van der Waals surface area (Å²) in [5.41, 5.74) is 0.107. The number of rotatable bonds is 3. The second-order valence-electron chi connectivity index (χ2n) is 4.88. The highest BCUT2D eigenvalue weighted by molar-refractivity contribution is 5.73. The summed E-state index contributed by atoms with van der Waals surface area (Å²) in [7, 11) is 4.03. The first-order chi connectivity index (χ1) is 5.73. The van der Waals surface area contributed by atoms with Gasteiger partial charge in [-0.05, 0) is 19.5 Å². The normalized spacial score (nSPS) is 14.4. The minimum absolute atomic E-state index is 0.0433. The van der Waals surface area contributed by atoms with Crippen LogP contribution < -0.4 is 5.32 Å². The van der Waals surface area contributed by atoms with Gasteiger partial charge in [0, 0.05) is 19.5 Å². The molecule has 0 aromatic rings. The van der Waals surface area contributed by atoms with Crippen molar-refractivity contribution in [1.82, 2.24) is 10.2 Å². The summed E-state index contributed by atoms with van der Waals surface area (Å²) < 4.78 is 0. The summed E-state index contributed by atoms with van der Waals surface area (Å²) in [6.45, 7) is 8.85. The first kappa shape index (κ1) is 12.4. The first-order valence-corrected chi connectivity index (χ1v) is 4.65. The minimum atomic E-state index is 0.0433. The molecular weight excluding hydrogens is 164 g/mol. The van der Waals surface area contributed by atoms with E-state index in [4.69, 9.17) is 0 Å². The van der Waals surface area contributed by atoms with Crippen molar-refractivity contribution >= 4 is 5.91 Å². The van der Waals surface area contributed by atoms with Crippen LogP contribution in [0.5, 0.6) is 0 Å². The lowest BCUT2D eigenvalue weighted by atomic mass is 9.86. The van der Waals surface area contributed by atoms with Crippen LogP contribution in [0.2, 0.25) is 0 Å². The third-order valence-electron chi connectivity index (χ3n) is 1.97. The maximum absolute atomic E-state index is 11.0. The SMILES string of the molecule is CC(=O)NC(CN(C)C)C(C)(C)C. The average Bonchev–Trinajstić information content (AvgIpc) is 1.81. The number of amides is 1. The molecule has 0 aromatic heterocycles. The average molecular weight is 186 g/mol. The van der Waals surface area contributed by atoms with Crippen molar-refractivity contribution in [2.45, 2.75) is 33.7 Å². The summed E-state index contributed by atoms with van der Waals surface area (Å²) in [4.78, 5) is 13.0. The maximum Gasteiger partial charge on any atom is 0.217 e. The maximum atomic E-state index is 11.0. The van der Waals surface area contributed by atoms with E-state index >= 15 is 0 Å². The Bertz CT molecular complexity index is 170. The van der Waals surface area contributed by atoms with Crippen LogP contribution >= 0.6 is 0 Å². The molecule has 0 fully saturated rings. The van der Waals surface area contributed by atoms with Crippen LogP contribution in [-0.2, 0) is 4.79 Å². The van der Waals surface area contributed by atoms with E-state index in [0.29, 0.717) is 0 Å². The lowest BCUT2D eigenvalue weighted by molar-refractivity contribution is -0.120. The highest BCUT2D eigenvalue weighted by Crippen LogP contribution is 2.19. The molecule has 1 amide bonds. The van der Waals surface area contributed by atoms with E-state index < -0.39 is 0 Å². The van der Waals surface area contributed by atoms with E-state index in [9.17, 15) is 4.79 Å². The van der Waals surface area contributed by atoms with Crippen molar-refractivity contribution in [3.8, 4) is 0 Å². The number of hydrogen-bond donors (Lipinski definition) is 1. The van der Waals surface area contributed by atoms with Gasteiger partial charge in [-0.1, -0.05) is 20.8 Å². The summed E-state index contributed by atoms with van der Waals surface area (Å²) in [5.74, 6) is 0.0433. The molecule has 0 aromatic carbocycles. The Kier molecular flexibility index (Phi) is 4.40. The van der Waals surface area contributed by atoms with Crippen molar-refractivity contribution in [3.05, 3.63) is 0 Å². The fourth-order valence-electron chi connectivity index (χ4n) is 1.15. The Morgan fingerprint density at radius 2 is 1.85 bits per heavy atom.